The van der Waals surface area contributed by atoms with Crippen molar-refractivity contribution < 1.29 is 4.52 Å². The van der Waals surface area contributed by atoms with Gasteiger partial charge in [-0.3, -0.25) is 9.58 Å². The first kappa shape index (κ1) is 17.2. The number of hydrogen-bond acceptors (Lipinski definition) is 4. The van der Waals surface area contributed by atoms with Crippen LogP contribution in [0.4, 0.5) is 0 Å². The Morgan fingerprint density at radius 1 is 1.25 bits per heavy atom. The van der Waals surface area contributed by atoms with Crippen LogP contribution in [0.1, 0.15) is 74.7 Å². The second kappa shape index (κ2) is 7.97. The largest absolute Gasteiger partial charge is 0.361 e. The van der Waals surface area contributed by atoms with Crippen LogP contribution in [0.5, 0.6) is 0 Å². The van der Waals surface area contributed by atoms with Gasteiger partial charge in [0.1, 0.15) is 11.5 Å². The van der Waals surface area contributed by atoms with Gasteiger partial charge in [0.15, 0.2) is 0 Å². The lowest BCUT2D eigenvalue weighted by Crippen LogP contribution is -2.28. The van der Waals surface area contributed by atoms with Crippen molar-refractivity contribution in [2.24, 2.45) is 0 Å². The molecule has 0 saturated carbocycles. The molecule has 0 unspecified atom stereocenters. The number of aryl methyl sites for hydroxylation is 2. The summed E-state index contributed by atoms with van der Waals surface area (Å²) in [5.41, 5.74) is 3.73. The van der Waals surface area contributed by atoms with Gasteiger partial charge in [0.2, 0.25) is 0 Å². The van der Waals surface area contributed by atoms with Crippen molar-refractivity contribution in [3.63, 3.8) is 0 Å². The summed E-state index contributed by atoms with van der Waals surface area (Å²) in [5, 5.41) is 8.90. The topological polar surface area (TPSA) is 47.1 Å². The first-order chi connectivity index (χ1) is 11.7. The fraction of sp³-hybridized carbons (Fsp3) is 0.684. The molecule has 1 fully saturated rings. The minimum atomic E-state index is 0.367. The van der Waals surface area contributed by atoms with Crippen LogP contribution in [0.2, 0.25) is 0 Å². The fourth-order valence-electron chi connectivity index (χ4n) is 3.72. The Kier molecular flexibility index (Phi) is 5.72. The number of rotatable bonds is 6. The van der Waals surface area contributed by atoms with E-state index < -0.39 is 0 Å². The van der Waals surface area contributed by atoms with Gasteiger partial charge in [-0.25, -0.2) is 0 Å². The van der Waals surface area contributed by atoms with Gasteiger partial charge < -0.3 is 4.52 Å². The lowest BCUT2D eigenvalue weighted by Gasteiger charge is -2.28. The molecule has 0 amide bonds. The van der Waals surface area contributed by atoms with Gasteiger partial charge in [0, 0.05) is 36.8 Å². The highest BCUT2D eigenvalue weighted by Gasteiger charge is 2.26. The molecule has 132 valence electrons. The van der Waals surface area contributed by atoms with Crippen molar-refractivity contribution >= 4 is 0 Å². The highest BCUT2D eigenvalue weighted by Crippen LogP contribution is 2.31. The van der Waals surface area contributed by atoms with Crippen molar-refractivity contribution in [3.05, 3.63) is 35.0 Å². The van der Waals surface area contributed by atoms with Gasteiger partial charge in [-0.1, -0.05) is 24.9 Å². The minimum Gasteiger partial charge on any atom is -0.361 e. The predicted octanol–water partition coefficient (Wildman–Crippen LogP) is 4.27. The standard InChI is InChI=1S/C19H30N4O/c1-4-9-17-12-18(21-24-17)19-10-7-6-8-11-22(19)14-16-13-20-23(5-2)15(16)3/h12-13,19H,4-11,14H2,1-3H3/t19-/m0/s1. The van der Waals surface area contributed by atoms with Crippen LogP contribution in [0.3, 0.4) is 0 Å². The van der Waals surface area contributed by atoms with Crippen LogP contribution >= 0.6 is 0 Å². The van der Waals surface area contributed by atoms with E-state index in [-0.39, 0.29) is 0 Å². The lowest BCUT2D eigenvalue weighted by molar-refractivity contribution is 0.183. The third-order valence-corrected chi connectivity index (χ3v) is 5.16. The van der Waals surface area contributed by atoms with E-state index in [4.69, 9.17) is 4.52 Å². The van der Waals surface area contributed by atoms with Crippen molar-refractivity contribution in [1.29, 1.82) is 0 Å². The average Bonchev–Trinajstić information content (AvgIpc) is 3.10. The maximum atomic E-state index is 5.55. The van der Waals surface area contributed by atoms with E-state index in [1.54, 1.807) is 0 Å². The van der Waals surface area contributed by atoms with Crippen molar-refractivity contribution in [3.8, 4) is 0 Å². The smallest absolute Gasteiger partial charge is 0.137 e. The molecule has 3 heterocycles. The number of hydrogen-bond donors (Lipinski definition) is 0. The quantitative estimate of drug-likeness (QED) is 0.793. The van der Waals surface area contributed by atoms with Crippen molar-refractivity contribution in [1.82, 2.24) is 19.8 Å². The first-order valence-electron chi connectivity index (χ1n) is 9.43. The number of nitrogens with zero attached hydrogens (tertiary/aromatic N) is 4. The second-order valence-corrected chi connectivity index (χ2v) is 6.87. The zero-order valence-corrected chi connectivity index (χ0v) is 15.3. The molecule has 0 bridgehead atoms. The third kappa shape index (κ3) is 3.72. The molecular formula is C19H30N4O. The Morgan fingerprint density at radius 2 is 2.12 bits per heavy atom. The van der Waals surface area contributed by atoms with Gasteiger partial charge in [-0.05, 0) is 39.7 Å². The van der Waals surface area contributed by atoms with Crippen LogP contribution in [0.15, 0.2) is 16.8 Å². The molecule has 1 aliphatic heterocycles. The van der Waals surface area contributed by atoms with Gasteiger partial charge in [-0.2, -0.15) is 5.10 Å². The summed E-state index contributed by atoms with van der Waals surface area (Å²) in [6, 6.07) is 2.54. The molecule has 1 aliphatic rings. The molecular weight excluding hydrogens is 300 g/mol. The fourth-order valence-corrected chi connectivity index (χ4v) is 3.72. The Morgan fingerprint density at radius 3 is 2.88 bits per heavy atom. The van der Waals surface area contributed by atoms with Gasteiger partial charge in [-0.15, -0.1) is 0 Å². The third-order valence-electron chi connectivity index (χ3n) is 5.16. The van der Waals surface area contributed by atoms with E-state index in [0.717, 1.165) is 43.9 Å². The summed E-state index contributed by atoms with van der Waals surface area (Å²) in [5.74, 6) is 1.02. The zero-order chi connectivity index (χ0) is 16.9. The Labute approximate surface area is 145 Å². The van der Waals surface area contributed by atoms with E-state index in [9.17, 15) is 0 Å². The molecule has 0 N–H and O–H groups in total. The molecule has 0 aromatic carbocycles. The second-order valence-electron chi connectivity index (χ2n) is 6.87. The van der Waals surface area contributed by atoms with E-state index in [0.29, 0.717) is 6.04 Å². The summed E-state index contributed by atoms with van der Waals surface area (Å²) < 4.78 is 7.63. The van der Waals surface area contributed by atoms with Crippen molar-refractivity contribution in [2.45, 2.75) is 78.4 Å². The molecule has 1 atom stereocenters. The maximum absolute atomic E-state index is 5.55. The van der Waals surface area contributed by atoms with E-state index in [1.165, 1.54) is 36.9 Å². The molecule has 0 radical (unpaired) electrons. The minimum absolute atomic E-state index is 0.367. The van der Waals surface area contributed by atoms with Crippen LogP contribution in [0.25, 0.3) is 0 Å². The predicted molar refractivity (Wildman–Crippen MR) is 94.8 cm³/mol. The molecule has 2 aromatic heterocycles. The average molecular weight is 330 g/mol. The summed E-state index contributed by atoms with van der Waals surface area (Å²) in [6.07, 6.45) is 9.10. The van der Waals surface area contributed by atoms with Crippen LogP contribution in [-0.2, 0) is 19.5 Å². The SMILES string of the molecule is CCCc1cc([C@@H]2CCCCCN2Cc2cnn(CC)c2C)no1. The summed E-state index contributed by atoms with van der Waals surface area (Å²) >= 11 is 0. The van der Waals surface area contributed by atoms with Crippen LogP contribution in [0, 0.1) is 6.92 Å². The molecule has 3 rings (SSSR count). The van der Waals surface area contributed by atoms with Crippen LogP contribution < -0.4 is 0 Å². The summed E-state index contributed by atoms with van der Waals surface area (Å²) in [7, 11) is 0. The molecule has 5 nitrogen and oxygen atoms in total. The summed E-state index contributed by atoms with van der Waals surface area (Å²) in [6.45, 7) is 9.49. The summed E-state index contributed by atoms with van der Waals surface area (Å²) in [4.78, 5) is 2.57. The molecule has 0 aliphatic carbocycles. The molecule has 2 aromatic rings. The first-order valence-corrected chi connectivity index (χ1v) is 9.43. The number of likely N-dealkylation sites (tertiary alicyclic amines) is 1. The Bertz CT molecular complexity index is 646. The molecule has 0 spiro atoms. The Balaban J connectivity index is 1.80. The van der Waals surface area contributed by atoms with E-state index in [1.807, 2.05) is 6.20 Å². The van der Waals surface area contributed by atoms with Gasteiger partial charge >= 0.3 is 0 Å². The number of aromatic nitrogens is 3. The normalized spacial score (nSPS) is 19.5. The highest BCUT2D eigenvalue weighted by atomic mass is 16.5. The van der Waals surface area contributed by atoms with E-state index >= 15 is 0 Å². The lowest BCUT2D eigenvalue weighted by atomic mass is 10.1. The van der Waals surface area contributed by atoms with Gasteiger partial charge in [0.25, 0.3) is 0 Å². The van der Waals surface area contributed by atoms with Crippen molar-refractivity contribution in [2.75, 3.05) is 6.54 Å². The molecule has 24 heavy (non-hydrogen) atoms. The molecule has 1 saturated heterocycles. The van der Waals surface area contributed by atoms with Gasteiger partial charge in [0.05, 0.1) is 12.2 Å². The monoisotopic (exact) mass is 330 g/mol. The maximum Gasteiger partial charge on any atom is 0.137 e. The van der Waals surface area contributed by atoms with Crippen LogP contribution in [-0.4, -0.2) is 26.4 Å². The highest BCUT2D eigenvalue weighted by molar-refractivity contribution is 5.17. The Hall–Kier alpha value is -1.62. The van der Waals surface area contributed by atoms with E-state index in [2.05, 4.69) is 46.7 Å². The zero-order valence-electron chi connectivity index (χ0n) is 15.3. The molecule has 5 heteroatoms.